The predicted octanol–water partition coefficient (Wildman–Crippen LogP) is 6.41. The van der Waals surface area contributed by atoms with Gasteiger partial charge in [0.05, 0.1) is 13.2 Å². The lowest BCUT2D eigenvalue weighted by molar-refractivity contribution is 0.0450. The standard InChI is InChI=1S/C7H6O6.C4H4.C3H8O3.4C2H4.5CH4/c8-6-10-2-4(12-6)1-5-3-11-7(9)13-5;1-3-4-2;4-1-3(6)2-5;4*1-2;;;;;/h1,4H,2-3H2;1-2H2;3-6H,1-2H2;4*1-2H2;5*1H4/b5-1-;;;;;;;;;;;. The molecule has 3 N–H and O–H groups in total. The molecule has 2 rings (SSSR count). The van der Waals surface area contributed by atoms with Crippen molar-refractivity contribution in [3.05, 3.63) is 89.1 Å². The van der Waals surface area contributed by atoms with E-state index in [4.69, 9.17) is 15.3 Å². The summed E-state index contributed by atoms with van der Waals surface area (Å²) in [6, 6.07) is 0. The van der Waals surface area contributed by atoms with Crippen molar-refractivity contribution in [3.8, 4) is 0 Å². The normalized spacial score (nSPS) is 13.1. The minimum atomic E-state index is -0.954. The molecular formula is C27H54O9. The van der Waals surface area contributed by atoms with Gasteiger partial charge >= 0.3 is 12.3 Å². The Morgan fingerprint density at radius 3 is 1.39 bits per heavy atom. The number of hydrogen-bond acceptors (Lipinski definition) is 9. The SMILES string of the molecule is C.C.C.C.C.C=C.C=C.C=C.C=C.C=C=C=C.O=C1OC/C(=C/C2COC(=O)O2)O1.OCC(O)CO. The van der Waals surface area contributed by atoms with E-state index in [1.54, 1.807) is 0 Å². The molecule has 216 valence electrons. The van der Waals surface area contributed by atoms with Crippen molar-refractivity contribution in [3.63, 3.8) is 0 Å². The van der Waals surface area contributed by atoms with Gasteiger partial charge in [0.1, 0.15) is 18.5 Å². The Labute approximate surface area is 221 Å². The lowest BCUT2D eigenvalue weighted by Crippen LogP contribution is -2.15. The van der Waals surface area contributed by atoms with Crippen molar-refractivity contribution in [2.45, 2.75) is 49.3 Å². The molecule has 9 heteroatoms. The molecule has 1 atom stereocenters. The third kappa shape index (κ3) is 48.0. The highest BCUT2D eigenvalue weighted by molar-refractivity contribution is 5.64. The Morgan fingerprint density at radius 1 is 0.806 bits per heavy atom. The summed E-state index contributed by atoms with van der Waals surface area (Å²) in [5.74, 6) is 0.341. The highest BCUT2D eigenvalue weighted by Gasteiger charge is 2.26. The number of carbonyl (C=O) groups excluding carboxylic acids is 2. The molecule has 0 aromatic heterocycles. The van der Waals surface area contributed by atoms with Gasteiger partial charge in [0, 0.05) is 6.08 Å². The van der Waals surface area contributed by atoms with Crippen molar-refractivity contribution >= 4 is 12.3 Å². The zero-order valence-electron chi connectivity index (χ0n) is 17.9. The van der Waals surface area contributed by atoms with Gasteiger partial charge < -0.3 is 34.3 Å². The van der Waals surface area contributed by atoms with Crippen molar-refractivity contribution in [1.82, 2.24) is 0 Å². The van der Waals surface area contributed by atoms with Crippen LogP contribution in [0.4, 0.5) is 9.59 Å². The Morgan fingerprint density at radius 2 is 1.19 bits per heavy atom. The Bertz CT molecular complexity index is 527. The van der Waals surface area contributed by atoms with Gasteiger partial charge in [0.15, 0.2) is 12.7 Å². The van der Waals surface area contributed by atoms with E-state index in [1.165, 1.54) is 6.08 Å². The topological polar surface area (TPSA) is 132 Å². The average Bonchev–Trinajstić information content (AvgIpc) is 3.46. The van der Waals surface area contributed by atoms with Crippen LogP contribution < -0.4 is 0 Å². The minimum absolute atomic E-state index is 0. The van der Waals surface area contributed by atoms with Crippen LogP contribution in [0, 0.1) is 0 Å². The van der Waals surface area contributed by atoms with E-state index in [1.807, 2.05) is 0 Å². The van der Waals surface area contributed by atoms with E-state index in [2.05, 4.69) is 96.2 Å². The third-order valence-electron chi connectivity index (χ3n) is 2.08. The van der Waals surface area contributed by atoms with Gasteiger partial charge in [-0.25, -0.2) is 9.59 Å². The number of aliphatic hydroxyl groups is 3. The van der Waals surface area contributed by atoms with Crippen LogP contribution in [-0.4, -0.2) is 66.3 Å². The van der Waals surface area contributed by atoms with Gasteiger partial charge in [-0.15, -0.1) is 52.6 Å². The molecule has 0 bridgehead atoms. The first kappa shape index (κ1) is 63.7. The first-order valence-corrected chi connectivity index (χ1v) is 8.29. The summed E-state index contributed by atoms with van der Waals surface area (Å²) in [5, 5.41) is 24.0. The molecule has 2 saturated heterocycles. The van der Waals surface area contributed by atoms with E-state index in [0.29, 0.717) is 5.76 Å². The summed E-state index contributed by atoms with van der Waals surface area (Å²) in [7, 11) is 0. The molecule has 2 fully saturated rings. The zero-order chi connectivity index (χ0) is 25.7. The number of rotatable bonds is 3. The van der Waals surface area contributed by atoms with E-state index in [0.717, 1.165) is 0 Å². The van der Waals surface area contributed by atoms with E-state index in [-0.39, 0.29) is 63.6 Å². The van der Waals surface area contributed by atoms with Crippen LogP contribution in [0.15, 0.2) is 89.1 Å². The van der Waals surface area contributed by atoms with Gasteiger partial charge in [0.25, 0.3) is 0 Å². The second kappa shape index (κ2) is 57.8. The molecule has 0 amide bonds. The maximum atomic E-state index is 10.5. The number of hydrogen-bond donors (Lipinski definition) is 3. The fraction of sp³-hybridized carbons (Fsp3) is 0.407. The smallest absolute Gasteiger partial charge is 0.430 e. The van der Waals surface area contributed by atoms with Gasteiger partial charge in [-0.3, -0.25) is 0 Å². The summed E-state index contributed by atoms with van der Waals surface area (Å²) in [4.78, 5) is 20.9. The Hall–Kier alpha value is -3.58. The number of carbonyl (C=O) groups is 2. The number of cyclic esters (lactones) is 4. The van der Waals surface area contributed by atoms with Gasteiger partial charge in [-0.1, -0.05) is 48.6 Å². The molecule has 2 aliphatic rings. The molecular weight excluding hydrogens is 468 g/mol. The van der Waals surface area contributed by atoms with Crippen LogP contribution in [0.3, 0.4) is 0 Å². The third-order valence-corrected chi connectivity index (χ3v) is 2.08. The van der Waals surface area contributed by atoms with E-state index in [9.17, 15) is 9.59 Å². The number of aliphatic hydroxyl groups excluding tert-OH is 3. The Kier molecular flexibility index (Phi) is 102. The minimum Gasteiger partial charge on any atom is -0.430 e. The average molecular weight is 523 g/mol. The largest absolute Gasteiger partial charge is 0.514 e. The fourth-order valence-electron chi connectivity index (χ4n) is 1.07. The van der Waals surface area contributed by atoms with E-state index < -0.39 is 24.5 Å². The first-order chi connectivity index (χ1) is 15.0. The molecule has 1 unspecified atom stereocenters. The maximum Gasteiger partial charge on any atom is 0.514 e. The monoisotopic (exact) mass is 522 g/mol. The molecule has 9 nitrogen and oxygen atoms in total. The van der Waals surface area contributed by atoms with Crippen LogP contribution >= 0.6 is 0 Å². The van der Waals surface area contributed by atoms with Gasteiger partial charge in [-0.2, -0.15) is 0 Å². The van der Waals surface area contributed by atoms with Crippen LogP contribution in [0.25, 0.3) is 0 Å². The zero-order valence-corrected chi connectivity index (χ0v) is 17.9. The van der Waals surface area contributed by atoms with Crippen LogP contribution in [0.1, 0.15) is 37.1 Å². The summed E-state index contributed by atoms with van der Waals surface area (Å²) < 4.78 is 18.3. The summed E-state index contributed by atoms with van der Waals surface area (Å²) in [6.45, 7) is 29.8. The lowest BCUT2D eigenvalue weighted by Gasteiger charge is -1.98. The molecule has 36 heavy (non-hydrogen) atoms. The lowest BCUT2D eigenvalue weighted by atomic mass is 10.3. The Balaban J connectivity index is -0.0000000321. The van der Waals surface area contributed by atoms with Crippen LogP contribution in [0.2, 0.25) is 0 Å². The predicted molar refractivity (Wildman–Crippen MR) is 154 cm³/mol. The molecule has 0 aromatic rings. The maximum absolute atomic E-state index is 10.5. The second-order valence-corrected chi connectivity index (χ2v) is 3.86. The highest BCUT2D eigenvalue weighted by atomic mass is 16.8. The van der Waals surface area contributed by atoms with Crippen LogP contribution in [-0.2, 0) is 18.9 Å². The van der Waals surface area contributed by atoms with Gasteiger partial charge in [0.2, 0.25) is 0 Å². The van der Waals surface area contributed by atoms with Crippen LogP contribution in [0.5, 0.6) is 0 Å². The highest BCUT2D eigenvalue weighted by Crippen LogP contribution is 2.15. The van der Waals surface area contributed by atoms with Crippen molar-refractivity contribution in [2.24, 2.45) is 0 Å². The first-order valence-electron chi connectivity index (χ1n) is 8.29. The molecule has 2 heterocycles. The second-order valence-electron chi connectivity index (χ2n) is 3.86. The summed E-state index contributed by atoms with van der Waals surface area (Å²) in [6.07, 6.45) is -1.42. The van der Waals surface area contributed by atoms with Crippen molar-refractivity contribution in [2.75, 3.05) is 26.4 Å². The molecule has 0 aromatic carbocycles. The summed E-state index contributed by atoms with van der Waals surface area (Å²) >= 11 is 0. The molecule has 0 saturated carbocycles. The molecule has 2 aliphatic heterocycles. The quantitative estimate of drug-likeness (QED) is 0.218. The molecule has 0 radical (unpaired) electrons. The fourth-order valence-corrected chi connectivity index (χ4v) is 1.07. The van der Waals surface area contributed by atoms with E-state index >= 15 is 0 Å². The molecule has 0 aliphatic carbocycles. The van der Waals surface area contributed by atoms with Gasteiger partial charge in [-0.05, 0) is 13.2 Å². The summed E-state index contributed by atoms with van der Waals surface area (Å²) in [5.41, 5.74) is 4.64. The van der Waals surface area contributed by atoms with Crippen molar-refractivity contribution < 1.29 is 43.9 Å². The van der Waals surface area contributed by atoms with Crippen molar-refractivity contribution in [1.29, 1.82) is 0 Å². The molecule has 0 spiro atoms. The number of ether oxygens (including phenoxy) is 4.